The SMILES string of the molecule is C=C(C)C(=O)Cl.C=C(C)C(=O)Oc1ccc(C(=O)O)cc1.O=C(O)c1ccc(O)cc1. The van der Waals surface area contributed by atoms with E-state index in [0.717, 1.165) is 0 Å². The molecule has 31 heavy (non-hydrogen) atoms. The predicted molar refractivity (Wildman–Crippen MR) is 115 cm³/mol. The topological polar surface area (TPSA) is 138 Å². The summed E-state index contributed by atoms with van der Waals surface area (Å²) in [6.45, 7) is 9.80. The average Bonchev–Trinajstić information content (AvgIpc) is 2.69. The number of phenolic OH excluding ortho intramolecular Hbond substituents is 1. The second-order valence-electron chi connectivity index (χ2n) is 5.91. The van der Waals surface area contributed by atoms with Gasteiger partial charge in [0.15, 0.2) is 0 Å². The number of halogens is 1. The third-order valence-electron chi connectivity index (χ3n) is 3.11. The molecule has 0 radical (unpaired) electrons. The Morgan fingerprint density at radius 1 is 0.774 bits per heavy atom. The Bertz CT molecular complexity index is 948. The maximum absolute atomic E-state index is 11.1. The molecule has 2 rings (SSSR count). The molecule has 8 nitrogen and oxygen atoms in total. The van der Waals surface area contributed by atoms with Crippen LogP contribution in [-0.2, 0) is 9.59 Å². The largest absolute Gasteiger partial charge is 0.508 e. The zero-order chi connectivity index (χ0) is 24.1. The van der Waals surface area contributed by atoms with Crippen molar-refractivity contribution in [3.05, 3.63) is 84.0 Å². The zero-order valence-corrected chi connectivity index (χ0v) is 17.5. The van der Waals surface area contributed by atoms with Gasteiger partial charge in [-0.05, 0) is 74.0 Å². The second kappa shape index (κ2) is 13.3. The molecule has 2 aromatic carbocycles. The van der Waals surface area contributed by atoms with Gasteiger partial charge < -0.3 is 20.1 Å². The molecule has 2 aromatic rings. The van der Waals surface area contributed by atoms with Crippen LogP contribution in [0, 0.1) is 0 Å². The normalized spacial score (nSPS) is 9.00. The molecule has 0 aliphatic rings. The van der Waals surface area contributed by atoms with Gasteiger partial charge in [0.2, 0.25) is 5.24 Å². The van der Waals surface area contributed by atoms with E-state index in [9.17, 15) is 19.2 Å². The van der Waals surface area contributed by atoms with E-state index in [1.54, 1.807) is 6.92 Å². The molecule has 0 unspecified atom stereocenters. The summed E-state index contributed by atoms with van der Waals surface area (Å²) in [7, 11) is 0. The summed E-state index contributed by atoms with van der Waals surface area (Å²) in [4.78, 5) is 41.7. The fraction of sp³-hybridized carbons (Fsp3) is 0.0909. The summed E-state index contributed by atoms with van der Waals surface area (Å²) >= 11 is 4.87. The first-order valence-corrected chi connectivity index (χ1v) is 8.81. The van der Waals surface area contributed by atoms with E-state index in [1.807, 2.05) is 0 Å². The van der Waals surface area contributed by atoms with E-state index in [2.05, 4.69) is 13.2 Å². The lowest BCUT2D eigenvalue weighted by Gasteiger charge is -2.03. The summed E-state index contributed by atoms with van der Waals surface area (Å²) in [5.41, 5.74) is 0.997. The minimum atomic E-state index is -1.02. The lowest BCUT2D eigenvalue weighted by atomic mass is 10.2. The first-order chi connectivity index (χ1) is 14.3. The van der Waals surface area contributed by atoms with Crippen molar-refractivity contribution in [2.45, 2.75) is 13.8 Å². The van der Waals surface area contributed by atoms with Gasteiger partial charge in [0.25, 0.3) is 0 Å². The third-order valence-corrected chi connectivity index (χ3v) is 3.43. The number of hydrogen-bond acceptors (Lipinski definition) is 6. The van der Waals surface area contributed by atoms with Crippen LogP contribution in [-0.4, -0.2) is 38.5 Å². The smallest absolute Gasteiger partial charge is 0.338 e. The number of ether oxygens (including phenoxy) is 1. The molecule has 0 saturated carbocycles. The van der Waals surface area contributed by atoms with E-state index < -0.39 is 23.2 Å². The van der Waals surface area contributed by atoms with Crippen LogP contribution in [0.5, 0.6) is 11.5 Å². The number of aromatic carboxylic acids is 2. The molecule has 0 bridgehead atoms. The molecule has 0 amide bonds. The van der Waals surface area contributed by atoms with Crippen LogP contribution in [0.4, 0.5) is 0 Å². The number of rotatable bonds is 5. The second-order valence-corrected chi connectivity index (χ2v) is 6.25. The molecule has 0 saturated heterocycles. The number of allylic oxidation sites excluding steroid dienone is 1. The highest BCUT2D eigenvalue weighted by Gasteiger charge is 2.06. The Balaban J connectivity index is 0.000000484. The van der Waals surface area contributed by atoms with Gasteiger partial charge in [-0.2, -0.15) is 0 Å². The fourth-order valence-corrected chi connectivity index (χ4v) is 1.46. The van der Waals surface area contributed by atoms with Crippen molar-refractivity contribution >= 4 is 34.8 Å². The minimum absolute atomic E-state index is 0.0741. The number of carboxylic acids is 2. The number of esters is 1. The molecular weight excluding hydrogens is 428 g/mol. The van der Waals surface area contributed by atoms with Crippen molar-refractivity contribution in [3.63, 3.8) is 0 Å². The van der Waals surface area contributed by atoms with Gasteiger partial charge in [0, 0.05) is 11.1 Å². The van der Waals surface area contributed by atoms with Gasteiger partial charge >= 0.3 is 17.9 Å². The number of hydrogen-bond donors (Lipinski definition) is 3. The maximum Gasteiger partial charge on any atom is 0.338 e. The Kier molecular flexibility index (Phi) is 11.7. The van der Waals surface area contributed by atoms with Gasteiger partial charge in [-0.3, -0.25) is 4.79 Å². The van der Waals surface area contributed by atoms with E-state index in [1.165, 1.54) is 55.5 Å². The Labute approximate surface area is 183 Å². The van der Waals surface area contributed by atoms with Gasteiger partial charge in [0.1, 0.15) is 11.5 Å². The number of carbonyl (C=O) groups excluding carboxylic acids is 2. The van der Waals surface area contributed by atoms with Crippen molar-refractivity contribution in [2.24, 2.45) is 0 Å². The molecular formula is C22H21ClO8. The van der Waals surface area contributed by atoms with Crippen LogP contribution in [0.1, 0.15) is 34.6 Å². The molecule has 0 aromatic heterocycles. The van der Waals surface area contributed by atoms with Crippen LogP contribution in [0.15, 0.2) is 72.8 Å². The molecule has 0 aliphatic carbocycles. The summed E-state index contributed by atoms with van der Waals surface area (Å²) in [5, 5.41) is 25.3. The fourth-order valence-electron chi connectivity index (χ4n) is 1.46. The first-order valence-electron chi connectivity index (χ1n) is 8.43. The van der Waals surface area contributed by atoms with Crippen LogP contribution in [0.3, 0.4) is 0 Å². The summed E-state index contributed by atoms with van der Waals surface area (Å²) in [5.74, 6) is -2.16. The molecule has 0 heterocycles. The first kappa shape index (κ1) is 27.1. The molecule has 0 atom stereocenters. The number of phenols is 1. The third kappa shape index (κ3) is 11.6. The van der Waals surface area contributed by atoms with Crippen LogP contribution in [0.2, 0.25) is 0 Å². The van der Waals surface area contributed by atoms with Crippen molar-refractivity contribution < 1.29 is 39.2 Å². The van der Waals surface area contributed by atoms with E-state index in [-0.39, 0.29) is 22.4 Å². The van der Waals surface area contributed by atoms with Gasteiger partial charge in [-0.15, -0.1) is 0 Å². The molecule has 0 aliphatic heterocycles. The summed E-state index contributed by atoms with van der Waals surface area (Å²) in [6.07, 6.45) is 0. The quantitative estimate of drug-likeness (QED) is 0.266. The standard InChI is InChI=1S/C11H10O4.C7H6O3.C4H5ClO/c1-7(2)11(14)15-9-5-3-8(4-6-9)10(12)13;8-6-3-1-5(2-4-6)7(9)10;1-3(2)4(5)6/h3-6H,1H2,2H3,(H,12,13);1-4,8H,(H,9,10);1H2,2H3. The average molecular weight is 449 g/mol. The lowest BCUT2D eigenvalue weighted by Crippen LogP contribution is -2.08. The molecule has 0 spiro atoms. The van der Waals surface area contributed by atoms with Gasteiger partial charge in [-0.1, -0.05) is 13.2 Å². The maximum atomic E-state index is 11.1. The van der Waals surface area contributed by atoms with Crippen molar-refractivity contribution in [1.29, 1.82) is 0 Å². The lowest BCUT2D eigenvalue weighted by molar-refractivity contribution is -0.130. The van der Waals surface area contributed by atoms with Crippen LogP contribution >= 0.6 is 11.6 Å². The highest BCUT2D eigenvalue weighted by atomic mass is 35.5. The number of carboxylic acid groups (broad SMARTS) is 2. The predicted octanol–water partition coefficient (Wildman–Crippen LogP) is 4.28. The molecule has 9 heteroatoms. The van der Waals surface area contributed by atoms with E-state index in [0.29, 0.717) is 11.3 Å². The Morgan fingerprint density at radius 2 is 1.13 bits per heavy atom. The van der Waals surface area contributed by atoms with Crippen molar-refractivity contribution in [2.75, 3.05) is 0 Å². The molecule has 164 valence electrons. The summed E-state index contributed by atoms with van der Waals surface area (Å²) in [6, 6.07) is 10.9. The van der Waals surface area contributed by atoms with Crippen molar-refractivity contribution in [1.82, 2.24) is 0 Å². The van der Waals surface area contributed by atoms with Gasteiger partial charge in [-0.25, -0.2) is 14.4 Å². The number of benzene rings is 2. The minimum Gasteiger partial charge on any atom is -0.508 e. The van der Waals surface area contributed by atoms with Crippen LogP contribution in [0.25, 0.3) is 0 Å². The highest BCUT2D eigenvalue weighted by molar-refractivity contribution is 6.67. The zero-order valence-electron chi connectivity index (χ0n) is 16.8. The number of aromatic hydroxyl groups is 1. The van der Waals surface area contributed by atoms with Gasteiger partial charge in [0.05, 0.1) is 11.1 Å². The molecule has 3 N–H and O–H groups in total. The van der Waals surface area contributed by atoms with E-state index in [4.69, 9.17) is 31.7 Å². The Hall–Kier alpha value is -3.91. The summed E-state index contributed by atoms with van der Waals surface area (Å²) < 4.78 is 4.88. The monoisotopic (exact) mass is 448 g/mol. The van der Waals surface area contributed by atoms with Crippen LogP contribution < -0.4 is 4.74 Å². The highest BCUT2D eigenvalue weighted by Crippen LogP contribution is 2.13. The number of carbonyl (C=O) groups is 4. The van der Waals surface area contributed by atoms with Crippen molar-refractivity contribution in [3.8, 4) is 11.5 Å². The Morgan fingerprint density at radius 3 is 1.42 bits per heavy atom. The molecule has 0 fully saturated rings. The van der Waals surface area contributed by atoms with E-state index >= 15 is 0 Å².